The van der Waals surface area contributed by atoms with Gasteiger partial charge in [-0.3, -0.25) is 4.79 Å². The molecule has 0 fully saturated rings. The quantitative estimate of drug-likeness (QED) is 0.732. The van der Waals surface area contributed by atoms with Crippen molar-refractivity contribution in [2.75, 3.05) is 19.7 Å². The van der Waals surface area contributed by atoms with Gasteiger partial charge in [0.2, 0.25) is 0 Å². The second-order valence-corrected chi connectivity index (χ2v) is 7.23. The standard InChI is InChI=1S/C16H22FN3O2S/c1-16(2,3)9-20(5-4-6-21)14(22)11-7-10(17)8-12-13(11)19-15(23)18-12/h7-8,21H,4-6,9H2,1-3H3,(H2,18,19,23). The summed E-state index contributed by atoms with van der Waals surface area (Å²) in [6, 6.07) is 2.53. The van der Waals surface area contributed by atoms with Gasteiger partial charge in [-0.25, -0.2) is 4.39 Å². The Kier molecular flexibility index (Phi) is 5.21. The van der Waals surface area contributed by atoms with Crippen LogP contribution in [0.3, 0.4) is 0 Å². The van der Waals surface area contributed by atoms with Crippen molar-refractivity contribution in [3.63, 3.8) is 0 Å². The molecule has 0 aliphatic rings. The molecule has 0 radical (unpaired) electrons. The predicted octanol–water partition coefficient (Wildman–Crippen LogP) is 3.24. The zero-order valence-electron chi connectivity index (χ0n) is 13.6. The highest BCUT2D eigenvalue weighted by molar-refractivity contribution is 7.71. The van der Waals surface area contributed by atoms with Crippen molar-refractivity contribution in [1.29, 1.82) is 0 Å². The molecule has 1 aromatic carbocycles. The minimum atomic E-state index is -0.496. The molecule has 1 amide bonds. The molecule has 0 aliphatic carbocycles. The number of rotatable bonds is 5. The molecule has 0 unspecified atom stereocenters. The number of hydrogen-bond donors (Lipinski definition) is 3. The third-order valence-electron chi connectivity index (χ3n) is 3.36. The van der Waals surface area contributed by atoms with E-state index in [0.717, 1.165) is 0 Å². The van der Waals surface area contributed by atoms with Gasteiger partial charge in [0.25, 0.3) is 5.91 Å². The fourth-order valence-electron chi connectivity index (χ4n) is 2.53. The van der Waals surface area contributed by atoms with E-state index in [9.17, 15) is 9.18 Å². The molecule has 2 aromatic rings. The fraction of sp³-hybridized carbons (Fsp3) is 0.500. The lowest BCUT2D eigenvalue weighted by molar-refractivity contribution is 0.0684. The topological polar surface area (TPSA) is 72.1 Å². The van der Waals surface area contributed by atoms with E-state index in [0.29, 0.717) is 35.3 Å². The van der Waals surface area contributed by atoms with E-state index < -0.39 is 5.82 Å². The molecular weight excluding hydrogens is 317 g/mol. The maximum atomic E-state index is 13.8. The molecule has 0 bridgehead atoms. The van der Waals surface area contributed by atoms with Crippen LogP contribution in [0.2, 0.25) is 0 Å². The number of benzene rings is 1. The summed E-state index contributed by atoms with van der Waals surface area (Å²) in [7, 11) is 0. The zero-order chi connectivity index (χ0) is 17.2. The van der Waals surface area contributed by atoms with Gasteiger partial charge in [-0.2, -0.15) is 0 Å². The highest BCUT2D eigenvalue weighted by Gasteiger charge is 2.24. The van der Waals surface area contributed by atoms with Crippen molar-refractivity contribution in [2.24, 2.45) is 5.41 Å². The van der Waals surface area contributed by atoms with Gasteiger partial charge in [0, 0.05) is 19.7 Å². The highest BCUT2D eigenvalue weighted by atomic mass is 32.1. The SMILES string of the molecule is CC(C)(C)CN(CCCO)C(=O)c1cc(F)cc2[nH]c(=S)[nH]c12. The molecule has 0 atom stereocenters. The normalized spacial score (nSPS) is 11.9. The van der Waals surface area contributed by atoms with Gasteiger partial charge in [-0.1, -0.05) is 20.8 Å². The number of halogens is 1. The van der Waals surface area contributed by atoms with Gasteiger partial charge in [0.1, 0.15) is 5.82 Å². The molecule has 126 valence electrons. The lowest BCUT2D eigenvalue weighted by Crippen LogP contribution is -2.39. The van der Waals surface area contributed by atoms with Crippen molar-refractivity contribution >= 4 is 29.2 Å². The first-order valence-corrected chi connectivity index (χ1v) is 7.94. The number of H-pyrrole nitrogens is 2. The molecule has 1 heterocycles. The maximum Gasteiger partial charge on any atom is 0.256 e. The number of aromatic amines is 2. The Morgan fingerprint density at radius 2 is 2.04 bits per heavy atom. The zero-order valence-corrected chi connectivity index (χ0v) is 14.4. The summed E-state index contributed by atoms with van der Waals surface area (Å²) in [5.74, 6) is -0.771. The van der Waals surface area contributed by atoms with Gasteiger partial charge >= 0.3 is 0 Å². The predicted molar refractivity (Wildman–Crippen MR) is 90.5 cm³/mol. The Morgan fingerprint density at radius 1 is 1.35 bits per heavy atom. The second-order valence-electron chi connectivity index (χ2n) is 6.82. The first-order valence-electron chi connectivity index (χ1n) is 7.53. The van der Waals surface area contributed by atoms with Crippen LogP contribution in [-0.4, -0.2) is 45.6 Å². The summed E-state index contributed by atoms with van der Waals surface area (Å²) in [5.41, 5.74) is 1.11. The van der Waals surface area contributed by atoms with E-state index in [1.807, 2.05) is 20.8 Å². The smallest absolute Gasteiger partial charge is 0.256 e. The number of carbonyl (C=O) groups is 1. The number of nitrogens with zero attached hydrogens (tertiary/aromatic N) is 1. The Morgan fingerprint density at radius 3 is 2.65 bits per heavy atom. The van der Waals surface area contributed by atoms with Crippen molar-refractivity contribution in [2.45, 2.75) is 27.2 Å². The van der Waals surface area contributed by atoms with E-state index in [-0.39, 0.29) is 23.5 Å². The van der Waals surface area contributed by atoms with E-state index in [1.165, 1.54) is 12.1 Å². The van der Waals surface area contributed by atoms with Gasteiger partial charge < -0.3 is 20.0 Å². The van der Waals surface area contributed by atoms with Gasteiger partial charge in [0.15, 0.2) is 4.77 Å². The van der Waals surface area contributed by atoms with Gasteiger partial charge in [-0.15, -0.1) is 0 Å². The average molecular weight is 339 g/mol. The molecule has 0 aliphatic heterocycles. The van der Waals surface area contributed by atoms with Crippen molar-refractivity contribution in [3.05, 3.63) is 28.3 Å². The van der Waals surface area contributed by atoms with Crippen LogP contribution >= 0.6 is 12.2 Å². The van der Waals surface area contributed by atoms with Crippen LogP contribution < -0.4 is 0 Å². The van der Waals surface area contributed by atoms with Gasteiger partial charge in [-0.05, 0) is 36.2 Å². The summed E-state index contributed by atoms with van der Waals surface area (Å²) in [5, 5.41) is 9.06. The number of amides is 1. The molecule has 0 spiro atoms. The molecule has 3 N–H and O–H groups in total. The van der Waals surface area contributed by atoms with Crippen molar-refractivity contribution < 1.29 is 14.3 Å². The first-order chi connectivity index (χ1) is 10.7. The van der Waals surface area contributed by atoms with E-state index in [1.54, 1.807) is 4.90 Å². The summed E-state index contributed by atoms with van der Waals surface area (Å²) < 4.78 is 14.2. The van der Waals surface area contributed by atoms with E-state index >= 15 is 0 Å². The fourth-order valence-corrected chi connectivity index (χ4v) is 2.74. The lowest BCUT2D eigenvalue weighted by Gasteiger charge is -2.30. The first kappa shape index (κ1) is 17.6. The van der Waals surface area contributed by atoms with Gasteiger partial charge in [0.05, 0.1) is 16.6 Å². The number of imidazole rings is 1. The molecule has 0 saturated carbocycles. The minimum Gasteiger partial charge on any atom is -0.396 e. The summed E-state index contributed by atoms with van der Waals surface area (Å²) in [6.07, 6.45) is 0.476. The lowest BCUT2D eigenvalue weighted by atomic mass is 9.95. The monoisotopic (exact) mass is 339 g/mol. The Hall–Kier alpha value is -1.73. The Balaban J connectivity index is 2.44. The maximum absolute atomic E-state index is 13.8. The van der Waals surface area contributed by atoms with E-state index in [2.05, 4.69) is 9.97 Å². The molecule has 2 rings (SSSR count). The molecule has 7 heteroatoms. The van der Waals surface area contributed by atoms with Crippen LogP contribution in [0.5, 0.6) is 0 Å². The number of carbonyl (C=O) groups excluding carboxylic acids is 1. The van der Waals surface area contributed by atoms with Crippen molar-refractivity contribution in [3.8, 4) is 0 Å². The second kappa shape index (κ2) is 6.80. The summed E-state index contributed by atoms with van der Waals surface area (Å²) in [4.78, 5) is 20.3. The van der Waals surface area contributed by atoms with Crippen LogP contribution in [0.4, 0.5) is 4.39 Å². The third-order valence-corrected chi connectivity index (χ3v) is 3.56. The van der Waals surface area contributed by atoms with Crippen LogP contribution in [0.25, 0.3) is 11.0 Å². The number of aliphatic hydroxyl groups is 1. The van der Waals surface area contributed by atoms with Crippen LogP contribution in [0.15, 0.2) is 12.1 Å². The average Bonchev–Trinajstić information content (AvgIpc) is 2.80. The summed E-state index contributed by atoms with van der Waals surface area (Å²) in [6.45, 7) is 7.00. The van der Waals surface area contributed by atoms with E-state index in [4.69, 9.17) is 17.3 Å². The largest absolute Gasteiger partial charge is 0.396 e. The number of aliphatic hydroxyl groups excluding tert-OH is 1. The Bertz CT molecular complexity index is 761. The number of fused-ring (bicyclic) bond motifs is 1. The molecule has 5 nitrogen and oxygen atoms in total. The van der Waals surface area contributed by atoms with Crippen LogP contribution in [-0.2, 0) is 0 Å². The minimum absolute atomic E-state index is 0.000920. The number of nitrogens with one attached hydrogen (secondary N) is 2. The third kappa shape index (κ3) is 4.39. The number of hydrogen-bond acceptors (Lipinski definition) is 3. The summed E-state index contributed by atoms with van der Waals surface area (Å²) >= 11 is 5.03. The molecular formula is C16H22FN3O2S. The molecule has 0 saturated heterocycles. The van der Waals surface area contributed by atoms with Crippen LogP contribution in [0.1, 0.15) is 37.6 Å². The Labute approximate surface area is 139 Å². The van der Waals surface area contributed by atoms with Crippen LogP contribution in [0, 0.1) is 16.0 Å². The molecule has 23 heavy (non-hydrogen) atoms. The highest BCUT2D eigenvalue weighted by Crippen LogP contribution is 2.22. The van der Waals surface area contributed by atoms with Crippen molar-refractivity contribution in [1.82, 2.24) is 14.9 Å². The number of aromatic nitrogens is 2. The molecule has 1 aromatic heterocycles.